The minimum Gasteiger partial charge on any atom is -0.466 e. The van der Waals surface area contributed by atoms with E-state index in [0.717, 1.165) is 36.5 Å². The first-order chi connectivity index (χ1) is 7.76. The van der Waals surface area contributed by atoms with Gasteiger partial charge in [0.25, 0.3) is 0 Å². The smallest absolute Gasteiger partial charge is 0.306 e. The number of carbonyl (C=O) groups excluding carboxylic acids is 1. The molecule has 0 aromatic carbocycles. The van der Waals surface area contributed by atoms with Crippen LogP contribution in [-0.4, -0.2) is 12.6 Å². The molecule has 2 nitrogen and oxygen atoms in total. The third-order valence-electron chi connectivity index (χ3n) is 6.07. The van der Waals surface area contributed by atoms with Crippen molar-refractivity contribution < 1.29 is 9.53 Å². The van der Waals surface area contributed by atoms with Gasteiger partial charge in [0.15, 0.2) is 0 Å². The van der Waals surface area contributed by atoms with E-state index in [9.17, 15) is 4.79 Å². The van der Waals surface area contributed by atoms with Crippen molar-refractivity contribution in [2.75, 3.05) is 6.61 Å². The molecule has 5 fully saturated rings. The standard InChI is InChI=1S/C14H20O2/c15-13-8-14(1-2-16-13)11-4-9-3-10(6-11)7-12(14)5-9/h9-12H,1-8H2. The van der Waals surface area contributed by atoms with Crippen LogP contribution in [0.5, 0.6) is 0 Å². The summed E-state index contributed by atoms with van der Waals surface area (Å²) in [6, 6.07) is 0. The van der Waals surface area contributed by atoms with Gasteiger partial charge in [-0.25, -0.2) is 0 Å². The molecule has 0 radical (unpaired) electrons. The zero-order valence-corrected chi connectivity index (χ0v) is 9.78. The van der Waals surface area contributed by atoms with Crippen LogP contribution in [0, 0.1) is 29.1 Å². The predicted molar refractivity (Wildman–Crippen MR) is 59.7 cm³/mol. The van der Waals surface area contributed by atoms with Gasteiger partial charge < -0.3 is 4.74 Å². The van der Waals surface area contributed by atoms with E-state index >= 15 is 0 Å². The number of cyclic esters (lactones) is 1. The van der Waals surface area contributed by atoms with Crippen LogP contribution in [0.15, 0.2) is 0 Å². The minimum absolute atomic E-state index is 0.0822. The number of hydrogen-bond donors (Lipinski definition) is 0. The minimum atomic E-state index is 0.0822. The zero-order valence-electron chi connectivity index (χ0n) is 9.78. The van der Waals surface area contributed by atoms with Crippen LogP contribution in [0.1, 0.15) is 44.9 Å². The highest BCUT2D eigenvalue weighted by Crippen LogP contribution is 2.65. The molecule has 1 aliphatic heterocycles. The molecule has 5 rings (SSSR count). The Balaban J connectivity index is 1.70. The Kier molecular flexibility index (Phi) is 1.79. The monoisotopic (exact) mass is 220 g/mol. The first kappa shape index (κ1) is 9.49. The second-order valence-electron chi connectivity index (χ2n) is 6.68. The summed E-state index contributed by atoms with van der Waals surface area (Å²) in [7, 11) is 0. The fourth-order valence-electron chi connectivity index (χ4n) is 5.58. The van der Waals surface area contributed by atoms with E-state index in [1.807, 2.05) is 0 Å². The molecule has 4 aliphatic carbocycles. The van der Waals surface area contributed by atoms with Gasteiger partial charge in [0.1, 0.15) is 0 Å². The van der Waals surface area contributed by atoms with Crippen LogP contribution in [0.2, 0.25) is 0 Å². The molecule has 1 heterocycles. The van der Waals surface area contributed by atoms with Crippen LogP contribution in [0.25, 0.3) is 0 Å². The highest BCUT2D eigenvalue weighted by molar-refractivity contribution is 5.71. The van der Waals surface area contributed by atoms with E-state index < -0.39 is 0 Å². The lowest BCUT2D eigenvalue weighted by Crippen LogP contribution is -2.55. The van der Waals surface area contributed by atoms with Crippen molar-refractivity contribution in [1.82, 2.24) is 0 Å². The molecule has 1 spiro atoms. The van der Waals surface area contributed by atoms with Crippen molar-refractivity contribution in [1.29, 1.82) is 0 Å². The van der Waals surface area contributed by atoms with Gasteiger partial charge in [0.05, 0.1) is 13.0 Å². The molecule has 88 valence electrons. The Hall–Kier alpha value is -0.530. The highest BCUT2D eigenvalue weighted by atomic mass is 16.5. The fraction of sp³-hybridized carbons (Fsp3) is 0.929. The zero-order chi connectivity index (χ0) is 10.8. The van der Waals surface area contributed by atoms with Gasteiger partial charge in [-0.3, -0.25) is 4.79 Å². The molecule has 0 amide bonds. The van der Waals surface area contributed by atoms with Crippen LogP contribution in [0.4, 0.5) is 0 Å². The van der Waals surface area contributed by atoms with Crippen molar-refractivity contribution in [2.45, 2.75) is 44.9 Å². The maximum atomic E-state index is 11.6. The number of carbonyl (C=O) groups is 1. The second kappa shape index (κ2) is 3.02. The summed E-state index contributed by atoms with van der Waals surface area (Å²) >= 11 is 0. The van der Waals surface area contributed by atoms with E-state index in [1.165, 1.54) is 32.1 Å². The van der Waals surface area contributed by atoms with Crippen LogP contribution < -0.4 is 0 Å². The summed E-state index contributed by atoms with van der Waals surface area (Å²) in [6.45, 7) is 0.696. The largest absolute Gasteiger partial charge is 0.466 e. The van der Waals surface area contributed by atoms with Gasteiger partial charge in [-0.1, -0.05) is 0 Å². The summed E-state index contributed by atoms with van der Waals surface area (Å²) in [5.41, 5.74) is 0.378. The van der Waals surface area contributed by atoms with Crippen molar-refractivity contribution in [3.8, 4) is 0 Å². The van der Waals surface area contributed by atoms with Crippen molar-refractivity contribution in [2.24, 2.45) is 29.1 Å². The van der Waals surface area contributed by atoms with Gasteiger partial charge >= 0.3 is 5.97 Å². The number of rotatable bonds is 0. The molecule has 5 aliphatic rings. The molecular formula is C14H20O2. The molecule has 16 heavy (non-hydrogen) atoms. The normalized spacial score (nSPS) is 54.4. The van der Waals surface area contributed by atoms with E-state index in [2.05, 4.69) is 0 Å². The molecule has 0 atom stereocenters. The van der Waals surface area contributed by atoms with Crippen LogP contribution >= 0.6 is 0 Å². The summed E-state index contributed by atoms with van der Waals surface area (Å²) in [4.78, 5) is 11.6. The van der Waals surface area contributed by atoms with E-state index in [4.69, 9.17) is 4.74 Å². The third kappa shape index (κ3) is 1.11. The Morgan fingerprint density at radius 3 is 2.19 bits per heavy atom. The lowest BCUT2D eigenvalue weighted by atomic mass is 9.43. The Labute approximate surface area is 96.7 Å². The first-order valence-corrected chi connectivity index (χ1v) is 6.92. The topological polar surface area (TPSA) is 26.3 Å². The summed E-state index contributed by atoms with van der Waals surface area (Å²) in [5.74, 6) is 3.81. The number of esters is 1. The highest BCUT2D eigenvalue weighted by Gasteiger charge is 2.58. The van der Waals surface area contributed by atoms with Gasteiger partial charge in [0, 0.05) is 0 Å². The first-order valence-electron chi connectivity index (χ1n) is 6.92. The lowest BCUT2D eigenvalue weighted by molar-refractivity contribution is -0.178. The van der Waals surface area contributed by atoms with Crippen LogP contribution in [0.3, 0.4) is 0 Å². The molecule has 0 aromatic rings. The van der Waals surface area contributed by atoms with Crippen molar-refractivity contribution in [3.05, 3.63) is 0 Å². The van der Waals surface area contributed by atoms with Gasteiger partial charge in [-0.05, 0) is 67.6 Å². The van der Waals surface area contributed by atoms with E-state index in [1.54, 1.807) is 0 Å². The molecule has 0 unspecified atom stereocenters. The average Bonchev–Trinajstić information content (AvgIpc) is 2.25. The van der Waals surface area contributed by atoms with Gasteiger partial charge in [-0.2, -0.15) is 0 Å². The third-order valence-corrected chi connectivity index (χ3v) is 6.07. The Morgan fingerprint density at radius 1 is 1.00 bits per heavy atom. The molecule has 4 bridgehead atoms. The van der Waals surface area contributed by atoms with Gasteiger partial charge in [0.2, 0.25) is 0 Å². The second-order valence-corrected chi connectivity index (χ2v) is 6.68. The molecule has 2 heteroatoms. The summed E-state index contributed by atoms with van der Waals surface area (Å²) < 4.78 is 5.17. The Bertz CT molecular complexity index is 306. The number of ether oxygens (including phenoxy) is 1. The molecule has 1 saturated heterocycles. The van der Waals surface area contributed by atoms with Gasteiger partial charge in [-0.15, -0.1) is 0 Å². The summed E-state index contributed by atoms with van der Waals surface area (Å²) in [5, 5.41) is 0. The molecule has 0 N–H and O–H groups in total. The molecular weight excluding hydrogens is 200 g/mol. The quantitative estimate of drug-likeness (QED) is 0.587. The lowest BCUT2D eigenvalue weighted by Gasteiger charge is -2.62. The molecule has 0 aromatic heterocycles. The van der Waals surface area contributed by atoms with Crippen LogP contribution in [-0.2, 0) is 9.53 Å². The maximum Gasteiger partial charge on any atom is 0.306 e. The number of hydrogen-bond acceptors (Lipinski definition) is 2. The predicted octanol–water partition coefficient (Wildman–Crippen LogP) is 2.77. The Morgan fingerprint density at radius 2 is 1.62 bits per heavy atom. The summed E-state index contributed by atoms with van der Waals surface area (Å²) in [6.07, 6.45) is 9.06. The van der Waals surface area contributed by atoms with Crippen molar-refractivity contribution in [3.63, 3.8) is 0 Å². The molecule has 4 saturated carbocycles. The van der Waals surface area contributed by atoms with E-state index in [-0.39, 0.29) is 5.97 Å². The SMILES string of the molecule is O=C1CC2(CCO1)C1CC3CC(C1)CC2C3. The van der Waals surface area contributed by atoms with Crippen molar-refractivity contribution >= 4 is 5.97 Å². The average molecular weight is 220 g/mol. The van der Waals surface area contributed by atoms with E-state index in [0.29, 0.717) is 12.0 Å². The fourth-order valence-corrected chi connectivity index (χ4v) is 5.58. The maximum absolute atomic E-state index is 11.6.